The molecule has 2 aliphatic heterocycles. The van der Waals surface area contributed by atoms with Gasteiger partial charge in [0, 0.05) is 59.1 Å². The number of carbonyl (C=O) groups is 1. The molecule has 14 heteroatoms. The molecule has 0 bridgehead atoms. The monoisotopic (exact) mass is 683 g/mol. The topological polar surface area (TPSA) is 144 Å². The van der Waals surface area contributed by atoms with Gasteiger partial charge in [0.15, 0.2) is 0 Å². The van der Waals surface area contributed by atoms with Crippen molar-refractivity contribution in [3.05, 3.63) is 22.5 Å². The fourth-order valence-corrected chi connectivity index (χ4v) is 4.36. The summed E-state index contributed by atoms with van der Waals surface area (Å²) in [6.07, 6.45) is 8.87. The molecule has 0 spiro atoms. The third-order valence-corrected chi connectivity index (χ3v) is 6.40. The second kappa shape index (κ2) is 25.7. The number of piperazine rings is 1. The number of ether oxygens (including phenoxy) is 5. The van der Waals surface area contributed by atoms with Gasteiger partial charge in [-0.3, -0.25) is 9.89 Å². The van der Waals surface area contributed by atoms with E-state index in [1.807, 2.05) is 25.7 Å². The molecule has 2 unspecified atom stereocenters. The maximum Gasteiger partial charge on any atom is 0.224 e. The number of hydrogen-bond acceptors (Lipinski definition) is 8. The van der Waals surface area contributed by atoms with Gasteiger partial charge in [-0.25, -0.2) is 0 Å². The smallest absolute Gasteiger partial charge is 0.224 e. The average Bonchev–Trinajstić information content (AvgIpc) is 3.67. The van der Waals surface area contributed by atoms with Crippen LogP contribution >= 0.6 is 0 Å². The molecule has 2 atom stereocenters. The standard InChI is InChI=1S/C26H40N6O6.C2H6.CH4O.Y/c1-4-12-34-14-16-36-18-19-37-17-15-35-13-7-23(33)30-8-10-31(11-9-30)25(27)22-20-29-32(26(22)28-3)24-6-5-21(2)38-24;2*1-2;/h1,20-21,24H,5-19H2,2-3H3;1-2H3;2H,1H3;/q-2;;;. The number of aliphatic hydroxyl groups excluding tert-OH is 1. The van der Waals surface area contributed by atoms with Gasteiger partial charge in [-0.05, 0) is 44.2 Å². The molecule has 1 amide bonds. The minimum absolute atomic E-state index is 0. The second-order valence-corrected chi connectivity index (χ2v) is 9.06. The number of nitrogens with zero attached hydrogens (tertiary/aromatic N) is 6. The molecule has 2 aliphatic rings. The summed E-state index contributed by atoms with van der Waals surface area (Å²) in [5, 5.41) is 26.7. The van der Waals surface area contributed by atoms with Crippen molar-refractivity contribution in [1.82, 2.24) is 19.6 Å². The largest absolute Gasteiger partial charge is 0.467 e. The molecule has 3 heterocycles. The number of aromatic nitrogens is 2. The Hall–Kier alpha value is -1.63. The van der Waals surface area contributed by atoms with Crippen LogP contribution in [-0.4, -0.2) is 136 Å². The Balaban J connectivity index is 0.00000338. The zero-order valence-electron chi connectivity index (χ0n) is 26.6. The fourth-order valence-electron chi connectivity index (χ4n) is 4.36. The number of aliphatic hydroxyl groups is 1. The summed E-state index contributed by atoms with van der Waals surface area (Å²) in [7, 11) is 2.68. The van der Waals surface area contributed by atoms with Crippen molar-refractivity contribution in [2.75, 3.05) is 93.2 Å². The molecule has 2 fully saturated rings. The quantitative estimate of drug-likeness (QED) is 0.120. The van der Waals surface area contributed by atoms with E-state index in [-0.39, 0.29) is 63.4 Å². The summed E-state index contributed by atoms with van der Waals surface area (Å²) >= 11 is 0. The summed E-state index contributed by atoms with van der Waals surface area (Å²) in [6.45, 7) is 11.5. The van der Waals surface area contributed by atoms with E-state index in [0.717, 1.165) is 20.0 Å². The predicted octanol–water partition coefficient (Wildman–Crippen LogP) is 2.40. The third-order valence-electron chi connectivity index (χ3n) is 6.40. The number of amides is 1. The van der Waals surface area contributed by atoms with Crippen molar-refractivity contribution in [3.63, 3.8) is 0 Å². The van der Waals surface area contributed by atoms with E-state index in [4.69, 9.17) is 35.2 Å². The van der Waals surface area contributed by atoms with E-state index in [9.17, 15) is 10.2 Å². The minimum atomic E-state index is -0.169. The number of amidine groups is 1. The first kappa shape index (κ1) is 41.4. The normalized spacial score (nSPS) is 17.5. The molecular formula is C29H50N6O7Y-2. The van der Waals surface area contributed by atoms with Gasteiger partial charge in [0.25, 0.3) is 0 Å². The van der Waals surface area contributed by atoms with Gasteiger partial charge >= 0.3 is 0 Å². The zero-order chi connectivity index (χ0) is 31.2. The maximum atomic E-state index is 12.6. The molecule has 1 N–H and O–H groups in total. The van der Waals surface area contributed by atoms with Crippen LogP contribution in [-0.2, 0) is 61.2 Å². The van der Waals surface area contributed by atoms with Gasteiger partial charge in [0.2, 0.25) is 5.91 Å². The number of carbonyl (C=O) groups excluding carboxylic acids is 1. The summed E-state index contributed by atoms with van der Waals surface area (Å²) in [5.41, 5.74) is 0.576. The van der Waals surface area contributed by atoms with Crippen LogP contribution in [0.4, 0.5) is 5.82 Å². The molecule has 0 aliphatic carbocycles. The fraction of sp³-hybridized carbons (Fsp3) is 0.759. The first-order valence-corrected chi connectivity index (χ1v) is 14.7. The van der Waals surface area contributed by atoms with E-state index in [0.29, 0.717) is 90.2 Å². The van der Waals surface area contributed by atoms with Crippen molar-refractivity contribution in [1.29, 1.82) is 0 Å². The van der Waals surface area contributed by atoms with Crippen molar-refractivity contribution < 1.29 is 66.3 Å². The Bertz CT molecular complexity index is 922. The summed E-state index contributed by atoms with van der Waals surface area (Å²) in [6, 6.07) is 0. The van der Waals surface area contributed by atoms with Crippen molar-refractivity contribution in [3.8, 4) is 12.3 Å². The van der Waals surface area contributed by atoms with Crippen LogP contribution in [0, 0.1) is 12.3 Å². The van der Waals surface area contributed by atoms with Crippen LogP contribution in [0.2, 0.25) is 0 Å². The molecule has 13 nitrogen and oxygen atoms in total. The molecule has 1 radical (unpaired) electrons. The van der Waals surface area contributed by atoms with Crippen LogP contribution in [0.5, 0.6) is 0 Å². The van der Waals surface area contributed by atoms with E-state index in [1.54, 1.807) is 22.8 Å². The van der Waals surface area contributed by atoms with Crippen LogP contribution in [0.15, 0.2) is 6.20 Å². The Morgan fingerprint density at radius 1 is 1.02 bits per heavy atom. The molecule has 2 saturated heterocycles. The van der Waals surface area contributed by atoms with Gasteiger partial charge in [-0.2, -0.15) is 0 Å². The minimum Gasteiger partial charge on any atom is -0.467 e. The average molecular weight is 684 g/mol. The Kier molecular flexibility index (Phi) is 24.7. The van der Waals surface area contributed by atoms with Gasteiger partial charge in [-0.1, -0.05) is 32.7 Å². The second-order valence-electron chi connectivity index (χ2n) is 9.06. The van der Waals surface area contributed by atoms with Gasteiger partial charge in [0.05, 0.1) is 65.0 Å². The molecule has 0 aromatic carbocycles. The van der Waals surface area contributed by atoms with E-state index in [2.05, 4.69) is 16.3 Å². The summed E-state index contributed by atoms with van der Waals surface area (Å²) in [5.74, 6) is 3.15. The van der Waals surface area contributed by atoms with E-state index < -0.39 is 0 Å². The van der Waals surface area contributed by atoms with Gasteiger partial charge in [0.1, 0.15) is 6.61 Å². The summed E-state index contributed by atoms with van der Waals surface area (Å²) in [4.78, 5) is 16.2. The predicted molar refractivity (Wildman–Crippen MR) is 162 cm³/mol. The third kappa shape index (κ3) is 14.8. The molecular weight excluding hydrogens is 633 g/mol. The van der Waals surface area contributed by atoms with Crippen molar-refractivity contribution in [2.24, 2.45) is 0 Å². The van der Waals surface area contributed by atoms with E-state index in [1.165, 1.54) is 0 Å². The van der Waals surface area contributed by atoms with Crippen molar-refractivity contribution in [2.45, 2.75) is 52.4 Å². The molecule has 1 aromatic rings. The first-order valence-electron chi connectivity index (χ1n) is 14.7. The van der Waals surface area contributed by atoms with Gasteiger partial charge in [-0.15, -0.1) is 6.42 Å². The molecule has 1 aromatic heterocycles. The number of hydrogen-bond donors (Lipinski definition) is 1. The molecule has 43 heavy (non-hydrogen) atoms. The Morgan fingerprint density at radius 2 is 1.56 bits per heavy atom. The van der Waals surface area contributed by atoms with Crippen molar-refractivity contribution >= 4 is 17.6 Å². The van der Waals surface area contributed by atoms with Crippen LogP contribution in [0.25, 0.3) is 10.7 Å². The summed E-state index contributed by atoms with van der Waals surface area (Å²) < 4.78 is 29.1. The van der Waals surface area contributed by atoms with Gasteiger partial charge < -0.3 is 54.0 Å². The zero-order valence-corrected chi connectivity index (χ0v) is 29.4. The van der Waals surface area contributed by atoms with Crippen LogP contribution in [0.1, 0.15) is 51.8 Å². The van der Waals surface area contributed by atoms with Crippen LogP contribution < -0.4 is 0 Å². The number of rotatable bonds is 16. The van der Waals surface area contributed by atoms with Crippen LogP contribution in [0.3, 0.4) is 0 Å². The maximum absolute atomic E-state index is 12.6. The van der Waals surface area contributed by atoms with E-state index >= 15 is 0 Å². The molecule has 3 rings (SSSR count). The number of terminal acetylenes is 1. The Labute approximate surface area is 282 Å². The molecule has 0 saturated carbocycles. The SMILES string of the molecule is C#CCOCCOCCOCCOCCC(=O)N1CCN(C(=[N-])c2cnn(C3CCC(C)O3)c2[N-]C)CC1.CC.CO.[Y]. The first-order chi connectivity index (χ1) is 20.5. The molecule has 243 valence electrons. The Morgan fingerprint density at radius 3 is 2.07 bits per heavy atom.